The summed E-state index contributed by atoms with van der Waals surface area (Å²) in [5.74, 6) is 0. The zero-order valence-electron chi connectivity index (χ0n) is 34.5. The van der Waals surface area contributed by atoms with E-state index in [1.165, 1.54) is 121 Å². The van der Waals surface area contributed by atoms with Gasteiger partial charge < -0.3 is 16.5 Å². The van der Waals surface area contributed by atoms with Gasteiger partial charge in [0.05, 0.1) is 0 Å². The molecule has 0 radical (unpaired) electrons. The SMILES string of the molecule is C=CCCCCCC.CCCCCCCC[Si](C)(C)O[Si](C)(C)O[Si](C)(C)CCCCCCCC.C[SiH](C)O[Si](C)(C)O[SiH](C)C. The van der Waals surface area contributed by atoms with Crippen LogP contribution in [-0.4, -0.2) is 51.8 Å². The molecule has 0 aromatic carbocycles. The lowest BCUT2D eigenvalue weighted by Crippen LogP contribution is -2.52. The fourth-order valence-corrected chi connectivity index (χ4v) is 30.0. The molecule has 0 aromatic heterocycles. The zero-order valence-corrected chi connectivity index (χ0v) is 40.8. The van der Waals surface area contributed by atoms with Crippen LogP contribution in [0.4, 0.5) is 0 Å². The van der Waals surface area contributed by atoms with Crippen LogP contribution in [0.15, 0.2) is 12.7 Å². The monoisotopic (exact) mass is 753 g/mol. The van der Waals surface area contributed by atoms with E-state index in [0.29, 0.717) is 0 Å². The molecular weight excluding hydrogens is 665 g/mol. The molecule has 0 aliphatic carbocycles. The van der Waals surface area contributed by atoms with Gasteiger partial charge in [0.2, 0.25) is 0 Å². The highest BCUT2D eigenvalue weighted by atomic mass is 28.5. The van der Waals surface area contributed by atoms with Crippen molar-refractivity contribution in [3.05, 3.63) is 12.7 Å². The van der Waals surface area contributed by atoms with Gasteiger partial charge in [-0.15, -0.1) is 6.58 Å². The second-order valence-corrected chi connectivity index (χ2v) is 37.4. The lowest BCUT2D eigenvalue weighted by molar-refractivity contribution is 0.385. The number of allylic oxidation sites excluding steroid dienone is 1. The number of hydrogen-bond acceptors (Lipinski definition) is 4. The van der Waals surface area contributed by atoms with E-state index in [2.05, 4.69) is 106 Å². The normalized spacial score (nSPS) is 12.5. The average Bonchev–Trinajstić information content (AvgIpc) is 2.88. The lowest BCUT2D eigenvalue weighted by Gasteiger charge is -2.39. The van der Waals surface area contributed by atoms with Crippen molar-refractivity contribution < 1.29 is 16.5 Å². The van der Waals surface area contributed by atoms with Crippen LogP contribution in [-0.2, 0) is 16.5 Å². The van der Waals surface area contributed by atoms with Crippen molar-refractivity contribution >= 4 is 51.8 Å². The van der Waals surface area contributed by atoms with Crippen LogP contribution >= 0.6 is 0 Å². The Morgan fingerprint density at radius 2 is 0.761 bits per heavy atom. The largest absolute Gasteiger partial charge is 0.440 e. The molecule has 0 spiro atoms. The Morgan fingerprint density at radius 3 is 1.07 bits per heavy atom. The van der Waals surface area contributed by atoms with Crippen molar-refractivity contribution in [1.29, 1.82) is 0 Å². The van der Waals surface area contributed by atoms with Crippen molar-refractivity contribution in [3.63, 3.8) is 0 Å². The van der Waals surface area contributed by atoms with E-state index in [9.17, 15) is 0 Å². The summed E-state index contributed by atoms with van der Waals surface area (Å²) >= 11 is 0. The van der Waals surface area contributed by atoms with Gasteiger partial charge in [-0.25, -0.2) is 0 Å². The minimum Gasteiger partial charge on any atom is -0.440 e. The second kappa shape index (κ2) is 30.7. The molecule has 0 heterocycles. The van der Waals surface area contributed by atoms with Crippen molar-refractivity contribution in [2.75, 3.05) is 0 Å². The van der Waals surface area contributed by atoms with Crippen LogP contribution in [0.5, 0.6) is 0 Å². The molecule has 0 fully saturated rings. The topological polar surface area (TPSA) is 36.9 Å². The number of unbranched alkanes of at least 4 members (excludes halogenated alkanes) is 14. The Balaban J connectivity index is -0.000000790. The maximum Gasteiger partial charge on any atom is 0.311 e. The second-order valence-electron chi connectivity index (χ2n) is 16.0. The molecule has 0 aliphatic heterocycles. The fourth-order valence-electron chi connectivity index (χ4n) is 5.99. The number of rotatable bonds is 27. The van der Waals surface area contributed by atoms with Gasteiger partial charge in [0.25, 0.3) is 0 Å². The van der Waals surface area contributed by atoms with Crippen LogP contribution in [0.3, 0.4) is 0 Å². The summed E-state index contributed by atoms with van der Waals surface area (Å²) in [6, 6.07) is 2.58. The first-order valence-electron chi connectivity index (χ1n) is 19.7. The summed E-state index contributed by atoms with van der Waals surface area (Å²) in [4.78, 5) is 0. The van der Waals surface area contributed by atoms with Crippen molar-refractivity contribution in [1.82, 2.24) is 0 Å². The maximum absolute atomic E-state index is 6.74. The van der Waals surface area contributed by atoms with Gasteiger partial charge in [0.1, 0.15) is 0 Å². The van der Waals surface area contributed by atoms with Crippen molar-refractivity contribution in [2.24, 2.45) is 0 Å². The Bertz CT molecular complexity index is 629. The van der Waals surface area contributed by atoms with Gasteiger partial charge in [0.15, 0.2) is 34.7 Å². The minimum absolute atomic E-state index is 0.895. The van der Waals surface area contributed by atoms with Crippen LogP contribution in [0.1, 0.15) is 130 Å². The van der Waals surface area contributed by atoms with Gasteiger partial charge >= 0.3 is 17.1 Å². The highest BCUT2D eigenvalue weighted by Gasteiger charge is 2.39. The molecule has 0 saturated heterocycles. The molecular formula is C36H88O4Si6. The third kappa shape index (κ3) is 41.1. The quantitative estimate of drug-likeness (QED) is 0.0476. The number of hydrogen-bond donors (Lipinski definition) is 0. The average molecular weight is 754 g/mol. The van der Waals surface area contributed by atoms with E-state index in [1.54, 1.807) is 0 Å². The molecule has 0 rings (SSSR count). The zero-order chi connectivity index (χ0) is 36.1. The highest BCUT2D eigenvalue weighted by Crippen LogP contribution is 2.27. The predicted molar refractivity (Wildman–Crippen MR) is 227 cm³/mol. The molecule has 46 heavy (non-hydrogen) atoms. The molecule has 0 amide bonds. The van der Waals surface area contributed by atoms with Gasteiger partial charge in [0, 0.05) is 0 Å². The molecule has 0 N–H and O–H groups in total. The lowest BCUT2D eigenvalue weighted by atomic mass is 10.1. The van der Waals surface area contributed by atoms with E-state index in [0.717, 1.165) is 0 Å². The molecule has 4 nitrogen and oxygen atoms in total. The summed E-state index contributed by atoms with van der Waals surface area (Å²) < 4.78 is 25.2. The van der Waals surface area contributed by atoms with Gasteiger partial charge in [-0.3, -0.25) is 0 Å². The van der Waals surface area contributed by atoms with Crippen molar-refractivity contribution in [2.45, 2.75) is 221 Å². The van der Waals surface area contributed by atoms with E-state index in [1.807, 2.05) is 6.08 Å². The molecule has 280 valence electrons. The molecule has 10 heteroatoms. The smallest absolute Gasteiger partial charge is 0.311 e. The van der Waals surface area contributed by atoms with Gasteiger partial charge in [-0.05, 0) is 103 Å². The minimum atomic E-state index is -2.01. The molecule has 0 aromatic rings. The third-order valence-corrected chi connectivity index (χ3v) is 27.4. The van der Waals surface area contributed by atoms with Gasteiger partial charge in [-0.2, -0.15) is 0 Å². The summed E-state index contributed by atoms with van der Waals surface area (Å²) in [5, 5.41) is 0. The van der Waals surface area contributed by atoms with Crippen molar-refractivity contribution in [3.8, 4) is 0 Å². The Hall–Kier alpha value is 0.881. The first-order valence-corrected chi connectivity index (χ1v) is 37.1. The van der Waals surface area contributed by atoms with Crippen LogP contribution < -0.4 is 0 Å². The molecule has 0 bridgehead atoms. The van der Waals surface area contributed by atoms with Gasteiger partial charge in [-0.1, -0.05) is 123 Å². The van der Waals surface area contributed by atoms with E-state index in [-0.39, 0.29) is 0 Å². The Morgan fingerprint density at radius 1 is 0.457 bits per heavy atom. The first kappa shape index (κ1) is 51.3. The Kier molecular flexibility index (Phi) is 34.2. The summed E-state index contributed by atoms with van der Waals surface area (Å²) in [5.41, 5.74) is 0. The fraction of sp³-hybridized carbons (Fsp3) is 0.944. The third-order valence-electron chi connectivity index (χ3n) is 7.61. The molecule has 0 saturated carbocycles. The first-order chi connectivity index (χ1) is 21.3. The Labute approximate surface area is 300 Å². The molecule has 0 unspecified atom stereocenters. The van der Waals surface area contributed by atoms with Crippen LogP contribution in [0, 0.1) is 0 Å². The summed E-state index contributed by atoms with van der Waals surface area (Å²) in [6.07, 6.45) is 25.1. The maximum atomic E-state index is 6.74. The highest BCUT2D eigenvalue weighted by molar-refractivity contribution is 6.87. The predicted octanol–water partition coefficient (Wildman–Crippen LogP) is 13.7. The standard InChI is InChI=1S/C22H52O2Si3.C8H16.C6H20O2Si3/c1-9-11-13-15-17-19-21-25(3,4)23-27(7,8)24-26(5,6)22-20-18-16-14-12-10-2;1-3-5-7-8-6-4-2;1-9(2)7-11(5,6)8-10(3)4/h9-22H2,1-8H3;3H,1,4-8H2,2H3;9-10H,1-6H3. The van der Waals surface area contributed by atoms with Crippen LogP contribution in [0.2, 0.25) is 90.7 Å². The van der Waals surface area contributed by atoms with E-state index < -0.39 is 51.8 Å². The van der Waals surface area contributed by atoms with E-state index >= 15 is 0 Å². The van der Waals surface area contributed by atoms with E-state index in [4.69, 9.17) is 16.5 Å². The summed E-state index contributed by atoms with van der Waals surface area (Å²) in [6.45, 7) is 37.7. The summed E-state index contributed by atoms with van der Waals surface area (Å²) in [7, 11) is -8.71. The molecule has 0 aliphatic rings. The van der Waals surface area contributed by atoms with Crippen LogP contribution in [0.25, 0.3) is 0 Å². The molecule has 0 atom stereocenters.